The van der Waals surface area contributed by atoms with Crippen LogP contribution >= 0.6 is 0 Å². The van der Waals surface area contributed by atoms with Crippen LogP contribution in [0.15, 0.2) is 18.2 Å². The van der Waals surface area contributed by atoms with E-state index in [0.29, 0.717) is 5.75 Å². The molecule has 1 rings (SSSR count). The molecule has 0 saturated heterocycles. The summed E-state index contributed by atoms with van der Waals surface area (Å²) in [5.74, 6) is -1.54. The minimum atomic E-state index is -1.18. The minimum absolute atomic E-state index is 0.0804. The molecule has 108 valence electrons. The van der Waals surface area contributed by atoms with Gasteiger partial charge in [0.2, 0.25) is 11.8 Å². The number of hydrogen-bond donors (Lipinski definition) is 2. The molecule has 1 aromatic carbocycles. The molecule has 0 heterocycles. The number of carbonyl (C=O) groups is 3. The fraction of sp³-hybridized carbons (Fsp3) is 0.308. The highest BCUT2D eigenvalue weighted by Gasteiger charge is 2.15. The lowest BCUT2D eigenvalue weighted by Gasteiger charge is -2.15. The van der Waals surface area contributed by atoms with Gasteiger partial charge in [0.15, 0.2) is 0 Å². The second-order valence-corrected chi connectivity index (χ2v) is 4.14. The summed E-state index contributed by atoms with van der Waals surface area (Å²) in [5, 5.41) is 11.6. The number of anilines is 1. The molecule has 0 aliphatic heterocycles. The Morgan fingerprint density at radius 1 is 1.35 bits per heavy atom. The number of carboxylic acid groups (broad SMARTS) is 1. The van der Waals surface area contributed by atoms with Crippen LogP contribution in [0.3, 0.4) is 0 Å². The molecule has 2 amide bonds. The van der Waals surface area contributed by atoms with Crippen molar-refractivity contribution in [1.82, 2.24) is 4.90 Å². The van der Waals surface area contributed by atoms with Crippen molar-refractivity contribution >= 4 is 23.5 Å². The third kappa shape index (κ3) is 3.98. The normalized spacial score (nSPS) is 9.75. The van der Waals surface area contributed by atoms with E-state index in [4.69, 9.17) is 9.84 Å². The third-order valence-electron chi connectivity index (χ3n) is 2.65. The zero-order valence-electron chi connectivity index (χ0n) is 11.5. The summed E-state index contributed by atoms with van der Waals surface area (Å²) in [6, 6.07) is 4.29. The third-order valence-corrected chi connectivity index (χ3v) is 2.65. The molecule has 7 heteroatoms. The highest BCUT2D eigenvalue weighted by molar-refractivity contribution is 6.02. The van der Waals surface area contributed by atoms with Gasteiger partial charge in [0.1, 0.15) is 5.75 Å². The molecule has 0 aliphatic carbocycles. The van der Waals surface area contributed by atoms with Crippen LogP contribution in [0.1, 0.15) is 17.3 Å². The number of ether oxygens (including phenoxy) is 1. The lowest BCUT2D eigenvalue weighted by Crippen LogP contribution is -2.33. The van der Waals surface area contributed by atoms with E-state index in [-0.39, 0.29) is 23.7 Å². The Kier molecular flexibility index (Phi) is 5.08. The van der Waals surface area contributed by atoms with Crippen molar-refractivity contribution in [2.45, 2.75) is 6.92 Å². The molecule has 0 fully saturated rings. The maximum absolute atomic E-state index is 11.7. The van der Waals surface area contributed by atoms with Crippen LogP contribution in [0.4, 0.5) is 5.69 Å². The highest BCUT2D eigenvalue weighted by atomic mass is 16.5. The number of aromatic carboxylic acids is 1. The first-order valence-electron chi connectivity index (χ1n) is 5.78. The van der Waals surface area contributed by atoms with Crippen molar-refractivity contribution in [3.8, 4) is 5.75 Å². The summed E-state index contributed by atoms with van der Waals surface area (Å²) >= 11 is 0. The fourth-order valence-electron chi connectivity index (χ4n) is 1.45. The zero-order chi connectivity index (χ0) is 15.3. The number of nitrogens with one attached hydrogen (secondary N) is 1. The molecule has 0 radical (unpaired) electrons. The molecule has 20 heavy (non-hydrogen) atoms. The van der Waals surface area contributed by atoms with Crippen LogP contribution in [0.25, 0.3) is 0 Å². The van der Waals surface area contributed by atoms with E-state index in [1.807, 2.05) is 0 Å². The van der Waals surface area contributed by atoms with E-state index in [0.717, 1.165) is 0 Å². The number of carbonyl (C=O) groups excluding carboxylic acids is 2. The van der Waals surface area contributed by atoms with E-state index in [9.17, 15) is 14.4 Å². The Morgan fingerprint density at radius 2 is 2.00 bits per heavy atom. The smallest absolute Gasteiger partial charge is 0.337 e. The quantitative estimate of drug-likeness (QED) is 0.832. The summed E-state index contributed by atoms with van der Waals surface area (Å²) < 4.78 is 4.93. The number of hydrogen-bond acceptors (Lipinski definition) is 4. The SMILES string of the molecule is COc1ccc(NC(=O)CN(C)C(C)=O)c(C(=O)O)c1. The van der Waals surface area contributed by atoms with Crippen molar-refractivity contribution < 1.29 is 24.2 Å². The zero-order valence-corrected chi connectivity index (χ0v) is 11.5. The second kappa shape index (κ2) is 6.55. The Morgan fingerprint density at radius 3 is 2.50 bits per heavy atom. The summed E-state index contributed by atoms with van der Waals surface area (Å²) in [7, 11) is 2.90. The average molecular weight is 280 g/mol. The topological polar surface area (TPSA) is 95.9 Å². The molecule has 0 aliphatic rings. The number of benzene rings is 1. The predicted molar refractivity (Wildman–Crippen MR) is 71.9 cm³/mol. The first kappa shape index (κ1) is 15.5. The van der Waals surface area contributed by atoms with Crippen molar-refractivity contribution in [3.63, 3.8) is 0 Å². The van der Waals surface area contributed by atoms with Crippen molar-refractivity contribution in [3.05, 3.63) is 23.8 Å². The molecule has 1 aromatic rings. The lowest BCUT2D eigenvalue weighted by atomic mass is 10.1. The highest BCUT2D eigenvalue weighted by Crippen LogP contribution is 2.22. The molecule has 7 nitrogen and oxygen atoms in total. The number of carboxylic acids is 1. The molecular formula is C13H16N2O5. The first-order valence-corrected chi connectivity index (χ1v) is 5.78. The van der Waals surface area contributed by atoms with Gasteiger partial charge < -0.3 is 20.1 Å². The number of likely N-dealkylation sites (N-methyl/N-ethyl adjacent to an activating group) is 1. The van der Waals surface area contributed by atoms with Gasteiger partial charge in [-0.3, -0.25) is 9.59 Å². The monoisotopic (exact) mass is 280 g/mol. The van der Waals surface area contributed by atoms with Crippen LogP contribution in [-0.2, 0) is 9.59 Å². The van der Waals surface area contributed by atoms with Gasteiger partial charge in [-0.1, -0.05) is 0 Å². The van der Waals surface area contributed by atoms with Crippen LogP contribution in [0.5, 0.6) is 5.75 Å². The number of amides is 2. The standard InChI is InChI=1S/C13H16N2O5/c1-8(16)15(2)7-12(17)14-11-5-4-9(20-3)6-10(11)13(18)19/h4-6H,7H2,1-3H3,(H,14,17)(H,18,19). The van der Waals surface area contributed by atoms with Crippen molar-refractivity contribution in [2.75, 3.05) is 26.0 Å². The van der Waals surface area contributed by atoms with Gasteiger partial charge in [0.05, 0.1) is 24.9 Å². The van der Waals surface area contributed by atoms with Crippen LogP contribution in [-0.4, -0.2) is 48.5 Å². The van der Waals surface area contributed by atoms with E-state index in [1.165, 1.54) is 44.2 Å². The minimum Gasteiger partial charge on any atom is -0.497 e. The van der Waals surface area contributed by atoms with Gasteiger partial charge >= 0.3 is 5.97 Å². The van der Waals surface area contributed by atoms with Gasteiger partial charge in [0.25, 0.3) is 0 Å². The Balaban J connectivity index is 2.89. The van der Waals surface area contributed by atoms with E-state index < -0.39 is 11.9 Å². The molecular weight excluding hydrogens is 264 g/mol. The summed E-state index contributed by atoms with van der Waals surface area (Å²) in [5.41, 5.74) is 0.0726. The summed E-state index contributed by atoms with van der Waals surface area (Å²) in [4.78, 5) is 35.1. The fourth-order valence-corrected chi connectivity index (χ4v) is 1.45. The Bertz CT molecular complexity index is 542. The van der Waals surface area contributed by atoms with Gasteiger partial charge in [-0.05, 0) is 18.2 Å². The number of methoxy groups -OCH3 is 1. The molecule has 0 atom stereocenters. The largest absolute Gasteiger partial charge is 0.497 e. The lowest BCUT2D eigenvalue weighted by molar-refractivity contribution is -0.131. The first-order chi connectivity index (χ1) is 9.35. The van der Waals surface area contributed by atoms with Gasteiger partial charge in [-0.2, -0.15) is 0 Å². The maximum atomic E-state index is 11.7. The molecule has 2 N–H and O–H groups in total. The molecule has 0 aromatic heterocycles. The number of rotatable bonds is 5. The van der Waals surface area contributed by atoms with Crippen LogP contribution in [0.2, 0.25) is 0 Å². The number of nitrogens with zero attached hydrogens (tertiary/aromatic N) is 1. The van der Waals surface area contributed by atoms with Crippen molar-refractivity contribution in [2.24, 2.45) is 0 Å². The van der Waals surface area contributed by atoms with Crippen LogP contribution < -0.4 is 10.1 Å². The molecule has 0 spiro atoms. The van der Waals surface area contributed by atoms with E-state index >= 15 is 0 Å². The predicted octanol–water partition coefficient (Wildman–Crippen LogP) is 0.810. The van der Waals surface area contributed by atoms with Crippen LogP contribution in [0, 0.1) is 0 Å². The second-order valence-electron chi connectivity index (χ2n) is 4.14. The van der Waals surface area contributed by atoms with Gasteiger partial charge in [-0.25, -0.2) is 4.79 Å². The van der Waals surface area contributed by atoms with Gasteiger partial charge in [-0.15, -0.1) is 0 Å². The summed E-state index contributed by atoms with van der Waals surface area (Å²) in [6.07, 6.45) is 0. The molecule has 0 unspecified atom stereocenters. The van der Waals surface area contributed by atoms with Crippen molar-refractivity contribution in [1.29, 1.82) is 0 Å². The summed E-state index contributed by atoms with van der Waals surface area (Å²) in [6.45, 7) is 1.18. The molecule has 0 bridgehead atoms. The van der Waals surface area contributed by atoms with Gasteiger partial charge in [0, 0.05) is 14.0 Å². The molecule has 0 saturated carbocycles. The van der Waals surface area contributed by atoms with E-state index in [1.54, 1.807) is 0 Å². The van der Waals surface area contributed by atoms with E-state index in [2.05, 4.69) is 5.32 Å². The Labute approximate surface area is 116 Å². The Hall–Kier alpha value is -2.57. The average Bonchev–Trinajstić information content (AvgIpc) is 2.38. The maximum Gasteiger partial charge on any atom is 0.337 e.